The highest BCUT2D eigenvalue weighted by Crippen LogP contribution is 2.39. The van der Waals surface area contributed by atoms with Crippen LogP contribution in [0.4, 0.5) is 0 Å². The first-order chi connectivity index (χ1) is 10.8. The largest absolute Gasteiger partial charge is 0.460 e. The van der Waals surface area contributed by atoms with Gasteiger partial charge in [-0.25, -0.2) is 4.79 Å². The van der Waals surface area contributed by atoms with E-state index in [9.17, 15) is 14.4 Å². The first-order valence-corrected chi connectivity index (χ1v) is 9.56. The fourth-order valence-corrected chi connectivity index (χ4v) is 2.86. The van der Waals surface area contributed by atoms with E-state index in [1.807, 2.05) is 0 Å². The Morgan fingerprint density at radius 2 is 2.26 bits per heavy atom. The summed E-state index contributed by atoms with van der Waals surface area (Å²) in [5.74, 6) is -0.445. The molecule has 8 nitrogen and oxygen atoms in total. The Kier molecular flexibility index (Phi) is 5.97. The van der Waals surface area contributed by atoms with Gasteiger partial charge in [-0.1, -0.05) is 11.2 Å². The fourth-order valence-electron chi connectivity index (χ4n) is 2.33. The van der Waals surface area contributed by atoms with Crippen LogP contribution in [-0.4, -0.2) is 41.0 Å². The summed E-state index contributed by atoms with van der Waals surface area (Å²) in [7, 11) is -1.10. The lowest BCUT2D eigenvalue weighted by molar-refractivity contribution is -0.150. The number of nitrogens with zero attached hydrogens (tertiary/aromatic N) is 1. The molecule has 1 saturated heterocycles. The highest BCUT2D eigenvalue weighted by Gasteiger charge is 2.39. The highest BCUT2D eigenvalue weighted by molar-refractivity contribution is 7.79. The number of esters is 1. The number of H-pyrrole nitrogens is 1. The van der Waals surface area contributed by atoms with E-state index in [1.165, 1.54) is 17.7 Å². The third-order valence-corrected chi connectivity index (χ3v) is 4.17. The number of aryl methyl sites for hydroxylation is 1. The lowest BCUT2D eigenvalue weighted by Gasteiger charge is -2.18. The molecule has 1 aliphatic rings. The number of halogens is 1. The van der Waals surface area contributed by atoms with E-state index in [0.717, 1.165) is 0 Å². The normalized spacial score (nSPS) is 25.3. The topological polar surface area (TPSA) is 99.6 Å². The van der Waals surface area contributed by atoms with Crippen LogP contribution in [0.5, 0.6) is 0 Å². The van der Waals surface area contributed by atoms with Crippen molar-refractivity contribution in [2.45, 2.75) is 38.7 Å². The number of aromatic amines is 1. The molecule has 23 heavy (non-hydrogen) atoms. The molecule has 0 radical (unpaired) electrons. The van der Waals surface area contributed by atoms with Crippen molar-refractivity contribution in [1.29, 1.82) is 0 Å². The molecule has 0 spiro atoms. The predicted molar refractivity (Wildman–Crippen MR) is 84.8 cm³/mol. The molecule has 1 aliphatic heterocycles. The Morgan fingerprint density at radius 3 is 2.87 bits per heavy atom. The Labute approximate surface area is 138 Å². The van der Waals surface area contributed by atoms with Crippen molar-refractivity contribution in [1.82, 2.24) is 9.55 Å². The SMILES string of the molecule is CC(=O)O[C@H]1C[C@H](n2cc(C)c(=O)[nH]c2=O)O[C@@H]1COP(C)Cl. The second-order valence-corrected chi connectivity index (χ2v) is 7.74. The Bertz CT molecular complexity index is 688. The van der Waals surface area contributed by atoms with E-state index < -0.39 is 43.2 Å². The molecule has 10 heteroatoms. The van der Waals surface area contributed by atoms with Crippen molar-refractivity contribution in [3.05, 3.63) is 32.6 Å². The van der Waals surface area contributed by atoms with E-state index in [-0.39, 0.29) is 13.0 Å². The lowest BCUT2D eigenvalue weighted by Crippen LogP contribution is -2.33. The second kappa shape index (κ2) is 7.57. The Balaban J connectivity index is 2.21. The zero-order valence-corrected chi connectivity index (χ0v) is 14.6. The van der Waals surface area contributed by atoms with Crippen LogP contribution in [0.1, 0.15) is 25.1 Å². The average Bonchev–Trinajstić information content (AvgIpc) is 2.82. The van der Waals surface area contributed by atoms with Gasteiger partial charge in [0, 0.05) is 25.1 Å². The zero-order valence-electron chi connectivity index (χ0n) is 12.9. The van der Waals surface area contributed by atoms with Crippen molar-refractivity contribution in [2.75, 3.05) is 13.3 Å². The van der Waals surface area contributed by atoms with Gasteiger partial charge >= 0.3 is 11.7 Å². The summed E-state index contributed by atoms with van der Waals surface area (Å²) in [5.41, 5.74) is -0.641. The molecule has 0 amide bonds. The van der Waals surface area contributed by atoms with Crippen LogP contribution in [0, 0.1) is 6.92 Å². The Hall–Kier alpha value is -1.21. The highest BCUT2D eigenvalue weighted by atomic mass is 35.7. The van der Waals surface area contributed by atoms with E-state index in [2.05, 4.69) is 4.98 Å². The van der Waals surface area contributed by atoms with Gasteiger partial charge in [-0.05, 0) is 13.6 Å². The lowest BCUT2D eigenvalue weighted by atomic mass is 10.2. The number of ether oxygens (including phenoxy) is 2. The van der Waals surface area contributed by atoms with Crippen molar-refractivity contribution in [2.24, 2.45) is 0 Å². The molecular formula is C13H18ClN2O6P. The molecule has 1 unspecified atom stereocenters. The van der Waals surface area contributed by atoms with E-state index >= 15 is 0 Å². The zero-order chi connectivity index (χ0) is 17.1. The van der Waals surface area contributed by atoms with Crippen LogP contribution in [0.25, 0.3) is 0 Å². The molecule has 2 rings (SSSR count). The van der Waals surface area contributed by atoms with Gasteiger partial charge < -0.3 is 14.0 Å². The van der Waals surface area contributed by atoms with Gasteiger partial charge in [0.15, 0.2) is 0 Å². The minimum atomic E-state index is -1.10. The van der Waals surface area contributed by atoms with Crippen LogP contribution >= 0.6 is 18.7 Å². The summed E-state index contributed by atoms with van der Waals surface area (Å²) in [6, 6.07) is 0. The van der Waals surface area contributed by atoms with Gasteiger partial charge in [0.25, 0.3) is 5.56 Å². The van der Waals surface area contributed by atoms with Crippen LogP contribution in [0.15, 0.2) is 15.8 Å². The van der Waals surface area contributed by atoms with Crippen LogP contribution in [0.2, 0.25) is 0 Å². The molecule has 0 aliphatic carbocycles. The van der Waals surface area contributed by atoms with Crippen LogP contribution in [0.3, 0.4) is 0 Å². The summed E-state index contributed by atoms with van der Waals surface area (Å²) in [6.07, 6.45) is -0.0405. The first kappa shape index (κ1) is 18.1. The van der Waals surface area contributed by atoms with Crippen molar-refractivity contribution in [3.8, 4) is 0 Å². The molecule has 0 bridgehead atoms. The number of rotatable bonds is 5. The number of hydrogen-bond donors (Lipinski definition) is 1. The average molecular weight is 365 g/mol. The summed E-state index contributed by atoms with van der Waals surface area (Å²) in [4.78, 5) is 36.9. The molecule has 0 aromatic carbocycles. The molecule has 1 aromatic rings. The maximum atomic E-state index is 12.0. The number of carbonyl (C=O) groups excluding carboxylic acids is 1. The minimum Gasteiger partial charge on any atom is -0.460 e. The monoisotopic (exact) mass is 364 g/mol. The summed E-state index contributed by atoms with van der Waals surface area (Å²) in [6.45, 7) is 4.76. The predicted octanol–water partition coefficient (Wildman–Crippen LogP) is 1.26. The molecule has 128 valence electrons. The first-order valence-electron chi connectivity index (χ1n) is 6.95. The molecule has 1 aromatic heterocycles. The smallest absolute Gasteiger partial charge is 0.330 e. The quantitative estimate of drug-likeness (QED) is 0.623. The second-order valence-electron chi connectivity index (χ2n) is 5.21. The maximum Gasteiger partial charge on any atom is 0.330 e. The third-order valence-electron chi connectivity index (χ3n) is 3.37. The number of carbonyl (C=O) groups is 1. The van der Waals surface area contributed by atoms with Crippen molar-refractivity contribution in [3.63, 3.8) is 0 Å². The van der Waals surface area contributed by atoms with Gasteiger partial charge in [0.2, 0.25) is 0 Å². The van der Waals surface area contributed by atoms with Gasteiger partial charge in [-0.15, -0.1) is 0 Å². The van der Waals surface area contributed by atoms with Crippen LogP contribution in [-0.2, 0) is 18.8 Å². The summed E-state index contributed by atoms with van der Waals surface area (Å²) >= 11 is 5.81. The summed E-state index contributed by atoms with van der Waals surface area (Å²) < 4.78 is 17.7. The van der Waals surface area contributed by atoms with Gasteiger partial charge in [-0.3, -0.25) is 19.1 Å². The molecule has 0 saturated carbocycles. The van der Waals surface area contributed by atoms with Gasteiger partial charge in [-0.2, -0.15) is 0 Å². The van der Waals surface area contributed by atoms with Crippen LogP contribution < -0.4 is 11.2 Å². The van der Waals surface area contributed by atoms with Gasteiger partial charge in [0.1, 0.15) is 25.9 Å². The van der Waals surface area contributed by atoms with E-state index in [1.54, 1.807) is 13.6 Å². The number of aromatic nitrogens is 2. The van der Waals surface area contributed by atoms with E-state index in [0.29, 0.717) is 5.56 Å². The number of nitrogens with one attached hydrogen (secondary N) is 1. The maximum absolute atomic E-state index is 12.0. The van der Waals surface area contributed by atoms with Crippen molar-refractivity contribution >= 4 is 24.7 Å². The number of hydrogen-bond acceptors (Lipinski definition) is 6. The van der Waals surface area contributed by atoms with Crippen molar-refractivity contribution < 1.29 is 18.8 Å². The minimum absolute atomic E-state index is 0.150. The Morgan fingerprint density at radius 1 is 1.57 bits per heavy atom. The molecule has 1 N–H and O–H groups in total. The summed E-state index contributed by atoms with van der Waals surface area (Å²) in [5, 5.41) is 0. The standard InChI is InChI=1S/C13H18ClN2O6P/c1-7-5-16(13(19)15-12(7)18)11-4-9(21-8(2)17)10(22-11)6-20-23(3)14/h5,9-11H,4,6H2,1-3H3,(H,15,18,19)/t9-,10+,11+,23?/m0/s1. The third kappa shape index (κ3) is 4.64. The molecule has 2 heterocycles. The fraction of sp³-hybridized carbons (Fsp3) is 0.615. The van der Waals surface area contributed by atoms with E-state index in [4.69, 9.17) is 25.2 Å². The molecule has 1 fully saturated rings. The molecular weight excluding hydrogens is 347 g/mol. The molecule has 4 atom stereocenters. The van der Waals surface area contributed by atoms with Gasteiger partial charge in [0.05, 0.1) is 6.61 Å².